The Morgan fingerprint density at radius 2 is 2.22 bits per heavy atom. The topological polar surface area (TPSA) is 49.2 Å². The molecule has 4 nitrogen and oxygen atoms in total. The van der Waals surface area contributed by atoms with Crippen molar-refractivity contribution in [2.75, 3.05) is 17.7 Å². The lowest BCUT2D eigenvalue weighted by molar-refractivity contribution is 0.225. The number of hydrogen-bond donors (Lipinski definition) is 1. The molecule has 1 aliphatic rings. The number of thioether (sulfide) groups is 1. The van der Waals surface area contributed by atoms with Crippen LogP contribution in [-0.4, -0.2) is 34.1 Å². The molecule has 1 aromatic carbocycles. The lowest BCUT2D eigenvalue weighted by Gasteiger charge is -2.34. The van der Waals surface area contributed by atoms with Crippen molar-refractivity contribution in [1.82, 2.24) is 9.97 Å². The molecular formula is C16H15BrClN3OS. The van der Waals surface area contributed by atoms with E-state index in [1.165, 1.54) is 11.8 Å². The fourth-order valence-corrected chi connectivity index (χ4v) is 3.70. The quantitative estimate of drug-likeness (QED) is 0.601. The summed E-state index contributed by atoms with van der Waals surface area (Å²) in [7, 11) is 0. The molecule has 1 unspecified atom stereocenters. The Kier molecular flexibility index (Phi) is 4.96. The standard InChI is InChI=1S/C16H15BrClN3OS/c1-3-21-14-9(8-19-16(20-14)23-2)6-12(15(21)22)11-5-4-10(17)7-13(11)18/h4-8,15,22H,3H2,1-2H3. The Bertz CT molecular complexity index is 784. The number of nitrogens with zero attached hydrogens (tertiary/aromatic N) is 3. The number of aromatic nitrogens is 2. The molecule has 2 aromatic rings. The molecule has 1 aromatic heterocycles. The molecule has 0 amide bonds. The second-order valence-electron chi connectivity index (χ2n) is 5.02. The smallest absolute Gasteiger partial charge is 0.189 e. The summed E-state index contributed by atoms with van der Waals surface area (Å²) < 4.78 is 0.901. The first-order valence-corrected chi connectivity index (χ1v) is 9.47. The van der Waals surface area contributed by atoms with Crippen LogP contribution in [0.25, 0.3) is 11.6 Å². The molecule has 0 fully saturated rings. The van der Waals surface area contributed by atoms with Crippen LogP contribution in [0, 0.1) is 0 Å². The number of likely N-dealkylation sites (N-methyl/N-ethyl adjacent to an activating group) is 1. The Balaban J connectivity index is 2.15. The number of benzene rings is 1. The summed E-state index contributed by atoms with van der Waals surface area (Å²) in [6.45, 7) is 2.62. The third-order valence-corrected chi connectivity index (χ3v) is 5.06. The third-order valence-electron chi connectivity index (χ3n) is 3.70. The highest BCUT2D eigenvalue weighted by Gasteiger charge is 2.29. The lowest BCUT2D eigenvalue weighted by atomic mass is 9.98. The van der Waals surface area contributed by atoms with Gasteiger partial charge in [-0.1, -0.05) is 45.4 Å². The predicted molar refractivity (Wildman–Crippen MR) is 99.9 cm³/mol. The van der Waals surface area contributed by atoms with Gasteiger partial charge in [-0.25, -0.2) is 9.97 Å². The van der Waals surface area contributed by atoms with Crippen LogP contribution >= 0.6 is 39.3 Å². The normalized spacial score (nSPS) is 17.0. The maximum Gasteiger partial charge on any atom is 0.189 e. The molecule has 0 bridgehead atoms. The number of aliphatic hydroxyl groups is 1. The third kappa shape index (κ3) is 3.13. The molecule has 3 rings (SSSR count). The van der Waals surface area contributed by atoms with Crippen molar-refractivity contribution in [3.63, 3.8) is 0 Å². The first kappa shape index (κ1) is 16.8. The highest BCUT2D eigenvalue weighted by molar-refractivity contribution is 9.10. The minimum atomic E-state index is -0.796. The van der Waals surface area contributed by atoms with E-state index in [0.29, 0.717) is 16.7 Å². The van der Waals surface area contributed by atoms with Gasteiger partial charge in [0.1, 0.15) is 5.82 Å². The first-order valence-electron chi connectivity index (χ1n) is 7.08. The summed E-state index contributed by atoms with van der Waals surface area (Å²) in [4.78, 5) is 10.7. The SMILES string of the molecule is CCN1c2nc(SC)ncc2C=C(c2ccc(Br)cc2Cl)C1O. The number of anilines is 1. The maximum atomic E-state index is 10.8. The number of fused-ring (bicyclic) bond motifs is 1. The van der Waals surface area contributed by atoms with Crippen LogP contribution in [0.2, 0.25) is 5.02 Å². The summed E-state index contributed by atoms with van der Waals surface area (Å²) in [5.74, 6) is 0.747. The molecular weight excluding hydrogens is 398 g/mol. The molecule has 2 heterocycles. The van der Waals surface area contributed by atoms with E-state index in [2.05, 4.69) is 25.9 Å². The number of hydrogen-bond acceptors (Lipinski definition) is 5. The summed E-state index contributed by atoms with van der Waals surface area (Å²) in [5, 5.41) is 12.1. The van der Waals surface area contributed by atoms with Crippen molar-refractivity contribution in [3.05, 3.63) is 45.0 Å². The zero-order chi connectivity index (χ0) is 16.6. The van der Waals surface area contributed by atoms with Gasteiger partial charge >= 0.3 is 0 Å². The van der Waals surface area contributed by atoms with E-state index in [0.717, 1.165) is 27.0 Å². The van der Waals surface area contributed by atoms with Gasteiger partial charge in [-0.3, -0.25) is 0 Å². The molecule has 7 heteroatoms. The summed E-state index contributed by atoms with van der Waals surface area (Å²) in [6, 6.07) is 5.63. The summed E-state index contributed by atoms with van der Waals surface area (Å²) in [5.41, 5.74) is 2.43. The van der Waals surface area contributed by atoms with E-state index in [4.69, 9.17) is 11.6 Å². The van der Waals surface area contributed by atoms with E-state index < -0.39 is 6.23 Å². The first-order chi connectivity index (χ1) is 11.0. The Labute approximate surface area is 152 Å². The van der Waals surface area contributed by atoms with Crippen LogP contribution < -0.4 is 4.90 Å². The van der Waals surface area contributed by atoms with Gasteiger partial charge in [0.05, 0.1) is 0 Å². The van der Waals surface area contributed by atoms with Crippen LogP contribution in [0.1, 0.15) is 18.1 Å². The summed E-state index contributed by atoms with van der Waals surface area (Å²) >= 11 is 11.2. The Morgan fingerprint density at radius 1 is 1.43 bits per heavy atom. The van der Waals surface area contributed by atoms with Crippen LogP contribution in [0.4, 0.5) is 5.82 Å². The zero-order valence-corrected chi connectivity index (χ0v) is 15.8. The minimum Gasteiger partial charge on any atom is -0.369 e. The average molecular weight is 413 g/mol. The Hall–Kier alpha value is -1.08. The molecule has 23 heavy (non-hydrogen) atoms. The molecule has 1 atom stereocenters. The van der Waals surface area contributed by atoms with Gasteiger partial charge in [-0.15, -0.1) is 0 Å². The van der Waals surface area contributed by atoms with Crippen molar-refractivity contribution in [2.45, 2.75) is 18.3 Å². The van der Waals surface area contributed by atoms with E-state index in [1.807, 2.05) is 42.4 Å². The molecule has 0 saturated carbocycles. The Morgan fingerprint density at radius 3 is 2.87 bits per heavy atom. The number of halogens is 2. The second-order valence-corrected chi connectivity index (χ2v) is 7.12. The van der Waals surface area contributed by atoms with Gasteiger partial charge in [-0.05, 0) is 31.4 Å². The van der Waals surface area contributed by atoms with Crippen LogP contribution in [0.3, 0.4) is 0 Å². The van der Waals surface area contributed by atoms with E-state index in [-0.39, 0.29) is 0 Å². The zero-order valence-electron chi connectivity index (χ0n) is 12.6. The maximum absolute atomic E-state index is 10.8. The van der Waals surface area contributed by atoms with Crippen molar-refractivity contribution in [3.8, 4) is 0 Å². The molecule has 0 spiro atoms. The molecule has 0 radical (unpaired) electrons. The second kappa shape index (κ2) is 6.81. The monoisotopic (exact) mass is 411 g/mol. The lowest BCUT2D eigenvalue weighted by Crippen LogP contribution is -2.39. The van der Waals surface area contributed by atoms with Crippen molar-refractivity contribution < 1.29 is 5.11 Å². The highest BCUT2D eigenvalue weighted by atomic mass is 79.9. The van der Waals surface area contributed by atoms with Crippen molar-refractivity contribution in [1.29, 1.82) is 0 Å². The molecule has 0 saturated heterocycles. The summed E-state index contributed by atoms with van der Waals surface area (Å²) in [6.07, 6.45) is 4.83. The van der Waals surface area contributed by atoms with E-state index in [9.17, 15) is 5.11 Å². The van der Waals surface area contributed by atoms with Gasteiger partial charge in [0.15, 0.2) is 11.4 Å². The van der Waals surface area contributed by atoms with Crippen molar-refractivity contribution in [2.24, 2.45) is 0 Å². The van der Waals surface area contributed by atoms with Gasteiger partial charge in [-0.2, -0.15) is 0 Å². The van der Waals surface area contributed by atoms with Crippen LogP contribution in [-0.2, 0) is 0 Å². The average Bonchev–Trinajstić information content (AvgIpc) is 2.54. The molecule has 1 aliphatic heterocycles. The van der Waals surface area contributed by atoms with Crippen LogP contribution in [0.5, 0.6) is 0 Å². The molecule has 120 valence electrons. The van der Waals surface area contributed by atoms with Gasteiger partial charge in [0.2, 0.25) is 0 Å². The predicted octanol–water partition coefficient (Wildman–Crippen LogP) is 4.31. The van der Waals surface area contributed by atoms with E-state index in [1.54, 1.807) is 6.20 Å². The molecule has 1 N–H and O–H groups in total. The highest BCUT2D eigenvalue weighted by Crippen LogP contribution is 2.38. The number of rotatable bonds is 3. The van der Waals surface area contributed by atoms with Gasteiger partial charge < -0.3 is 10.0 Å². The minimum absolute atomic E-state index is 0.589. The van der Waals surface area contributed by atoms with Gasteiger partial charge in [0.25, 0.3) is 0 Å². The van der Waals surface area contributed by atoms with Gasteiger partial charge in [0, 0.05) is 38.9 Å². The fraction of sp³-hybridized carbons (Fsp3) is 0.250. The largest absolute Gasteiger partial charge is 0.369 e. The molecule has 0 aliphatic carbocycles. The van der Waals surface area contributed by atoms with Crippen LogP contribution in [0.15, 0.2) is 34.0 Å². The van der Waals surface area contributed by atoms with E-state index >= 15 is 0 Å². The fourth-order valence-electron chi connectivity index (χ4n) is 2.59. The number of aliphatic hydroxyl groups excluding tert-OH is 1. The van der Waals surface area contributed by atoms with Crippen molar-refractivity contribution >= 4 is 56.8 Å².